The Morgan fingerprint density at radius 3 is 2.31 bits per heavy atom. The van der Waals surface area contributed by atoms with Crippen LogP contribution < -0.4 is 5.73 Å². The van der Waals surface area contributed by atoms with E-state index in [4.69, 9.17) is 28.9 Å². The van der Waals surface area contributed by atoms with Crippen LogP contribution in [0.25, 0.3) is 0 Å². The van der Waals surface area contributed by atoms with Gasteiger partial charge in [-0.05, 0) is 26.0 Å². The van der Waals surface area contributed by atoms with E-state index in [-0.39, 0.29) is 0 Å². The van der Waals surface area contributed by atoms with E-state index >= 15 is 0 Å². The molecule has 0 aromatic heterocycles. The molecule has 0 radical (unpaired) electrons. The number of halogens is 2. The molecule has 13 heavy (non-hydrogen) atoms. The smallest absolute Gasteiger partial charge is 0.0861 e. The number of nitrogen functional groups attached to an aromatic ring is 1. The topological polar surface area (TPSA) is 46.2 Å². The molecule has 1 aromatic rings. The minimum atomic E-state index is -1.03. The molecule has 2 nitrogen and oxygen atoms in total. The van der Waals surface area contributed by atoms with Crippen LogP contribution in [0.1, 0.15) is 19.4 Å². The fourth-order valence-electron chi connectivity index (χ4n) is 1.09. The summed E-state index contributed by atoms with van der Waals surface area (Å²) in [4.78, 5) is 0. The maximum absolute atomic E-state index is 9.72. The van der Waals surface area contributed by atoms with Crippen molar-refractivity contribution in [3.8, 4) is 0 Å². The number of anilines is 1. The van der Waals surface area contributed by atoms with Gasteiger partial charge in [0.1, 0.15) is 0 Å². The minimum absolute atomic E-state index is 0.365. The average molecular weight is 220 g/mol. The number of nitrogens with two attached hydrogens (primary N) is 1. The summed E-state index contributed by atoms with van der Waals surface area (Å²) < 4.78 is 0. The Morgan fingerprint density at radius 1 is 1.31 bits per heavy atom. The van der Waals surface area contributed by atoms with Crippen LogP contribution in [-0.2, 0) is 5.60 Å². The van der Waals surface area contributed by atoms with Crippen molar-refractivity contribution in [3.63, 3.8) is 0 Å². The zero-order chi connectivity index (χ0) is 10.2. The third-order valence-corrected chi connectivity index (χ3v) is 2.28. The lowest BCUT2D eigenvalue weighted by atomic mass is 9.97. The molecule has 0 aliphatic heterocycles. The highest BCUT2D eigenvalue weighted by Crippen LogP contribution is 2.33. The van der Waals surface area contributed by atoms with Gasteiger partial charge in [-0.25, -0.2) is 0 Å². The standard InChI is InChI=1S/C9H11Cl2NO/c1-9(2,13)6-3-5(10)4-7(11)8(6)12/h3-4,13H,12H2,1-2H3. The predicted octanol–water partition coefficient (Wildman–Crippen LogP) is 2.80. The van der Waals surface area contributed by atoms with Crippen molar-refractivity contribution in [3.05, 3.63) is 27.7 Å². The molecule has 0 unspecified atom stereocenters. The summed E-state index contributed by atoms with van der Waals surface area (Å²) in [7, 11) is 0. The molecule has 0 fully saturated rings. The quantitative estimate of drug-likeness (QED) is 0.714. The average Bonchev–Trinajstić information content (AvgIpc) is 1.94. The molecule has 1 aromatic carbocycles. The first-order chi connectivity index (χ1) is 5.82. The maximum atomic E-state index is 9.72. The van der Waals surface area contributed by atoms with Crippen LogP contribution in [0.15, 0.2) is 12.1 Å². The minimum Gasteiger partial charge on any atom is -0.397 e. The van der Waals surface area contributed by atoms with Gasteiger partial charge in [-0.1, -0.05) is 23.2 Å². The summed E-state index contributed by atoms with van der Waals surface area (Å²) in [5, 5.41) is 10.6. The number of aliphatic hydroxyl groups is 1. The third kappa shape index (κ3) is 2.27. The molecule has 0 aliphatic carbocycles. The lowest BCUT2D eigenvalue weighted by Gasteiger charge is -2.20. The Balaban J connectivity index is 3.37. The van der Waals surface area contributed by atoms with Crippen molar-refractivity contribution in [1.82, 2.24) is 0 Å². The highest BCUT2D eigenvalue weighted by molar-refractivity contribution is 6.36. The van der Waals surface area contributed by atoms with E-state index in [1.807, 2.05) is 0 Å². The predicted molar refractivity (Wildman–Crippen MR) is 56.1 cm³/mol. The molecular weight excluding hydrogens is 209 g/mol. The monoisotopic (exact) mass is 219 g/mol. The largest absolute Gasteiger partial charge is 0.397 e. The number of rotatable bonds is 1. The van der Waals surface area contributed by atoms with Crippen LogP contribution in [0.2, 0.25) is 10.0 Å². The molecule has 0 bridgehead atoms. The number of hydrogen-bond acceptors (Lipinski definition) is 2. The van der Waals surface area contributed by atoms with Gasteiger partial charge in [-0.2, -0.15) is 0 Å². The number of benzene rings is 1. The van der Waals surface area contributed by atoms with Gasteiger partial charge in [-0.15, -0.1) is 0 Å². The summed E-state index contributed by atoms with van der Waals surface area (Å²) in [6.45, 7) is 3.26. The maximum Gasteiger partial charge on any atom is 0.0861 e. The SMILES string of the molecule is CC(C)(O)c1cc(Cl)cc(Cl)c1N. The van der Waals surface area contributed by atoms with Gasteiger partial charge >= 0.3 is 0 Å². The lowest BCUT2D eigenvalue weighted by molar-refractivity contribution is 0.0794. The first kappa shape index (κ1) is 10.6. The van der Waals surface area contributed by atoms with E-state index in [0.29, 0.717) is 21.3 Å². The highest BCUT2D eigenvalue weighted by Gasteiger charge is 2.21. The normalized spacial score (nSPS) is 11.8. The first-order valence-electron chi connectivity index (χ1n) is 3.79. The molecule has 0 atom stereocenters. The summed E-state index contributed by atoms with van der Waals surface area (Å²) in [5.41, 5.74) is 5.58. The fourth-order valence-corrected chi connectivity index (χ4v) is 1.58. The first-order valence-corrected chi connectivity index (χ1v) is 4.55. The summed E-state index contributed by atoms with van der Waals surface area (Å²) in [5.74, 6) is 0. The van der Waals surface area contributed by atoms with Gasteiger partial charge in [-0.3, -0.25) is 0 Å². The molecule has 0 spiro atoms. The molecule has 0 aliphatic rings. The molecule has 72 valence electrons. The van der Waals surface area contributed by atoms with Crippen molar-refractivity contribution >= 4 is 28.9 Å². The Bertz CT molecular complexity index is 331. The Morgan fingerprint density at radius 2 is 1.85 bits per heavy atom. The van der Waals surface area contributed by atoms with Crippen LogP contribution >= 0.6 is 23.2 Å². The summed E-state index contributed by atoms with van der Waals surface area (Å²) >= 11 is 11.6. The van der Waals surface area contributed by atoms with Crippen molar-refractivity contribution in [2.75, 3.05) is 5.73 Å². The van der Waals surface area contributed by atoms with Gasteiger partial charge in [0.25, 0.3) is 0 Å². The number of hydrogen-bond donors (Lipinski definition) is 2. The van der Waals surface area contributed by atoms with E-state index in [9.17, 15) is 5.11 Å². The van der Waals surface area contributed by atoms with Crippen molar-refractivity contribution in [2.45, 2.75) is 19.4 Å². The van der Waals surface area contributed by atoms with Crippen molar-refractivity contribution in [1.29, 1.82) is 0 Å². The summed E-state index contributed by atoms with van der Waals surface area (Å²) in [6.07, 6.45) is 0. The van der Waals surface area contributed by atoms with Crippen LogP contribution in [-0.4, -0.2) is 5.11 Å². The van der Waals surface area contributed by atoms with Crippen LogP contribution in [0, 0.1) is 0 Å². The Kier molecular flexibility index (Phi) is 2.76. The molecular formula is C9H11Cl2NO. The van der Waals surface area contributed by atoms with E-state index < -0.39 is 5.60 Å². The van der Waals surface area contributed by atoms with Crippen molar-refractivity contribution < 1.29 is 5.11 Å². The molecule has 0 saturated heterocycles. The van der Waals surface area contributed by atoms with Gasteiger partial charge in [0.15, 0.2) is 0 Å². The Labute approximate surface area is 87.3 Å². The zero-order valence-corrected chi connectivity index (χ0v) is 8.95. The lowest BCUT2D eigenvalue weighted by Crippen LogP contribution is -2.17. The van der Waals surface area contributed by atoms with Crippen LogP contribution in [0.5, 0.6) is 0 Å². The Hall–Kier alpha value is -0.440. The van der Waals surface area contributed by atoms with Crippen molar-refractivity contribution in [2.24, 2.45) is 0 Å². The molecule has 0 amide bonds. The fraction of sp³-hybridized carbons (Fsp3) is 0.333. The molecule has 4 heteroatoms. The van der Waals surface area contributed by atoms with Gasteiger partial charge in [0.2, 0.25) is 0 Å². The van der Waals surface area contributed by atoms with E-state index in [0.717, 1.165) is 0 Å². The van der Waals surface area contributed by atoms with Crippen LogP contribution in [0.3, 0.4) is 0 Å². The van der Waals surface area contributed by atoms with E-state index in [2.05, 4.69) is 0 Å². The zero-order valence-electron chi connectivity index (χ0n) is 7.44. The second-order valence-electron chi connectivity index (χ2n) is 3.41. The van der Waals surface area contributed by atoms with Gasteiger partial charge in [0, 0.05) is 10.6 Å². The second kappa shape index (κ2) is 3.37. The molecule has 0 saturated carbocycles. The van der Waals surface area contributed by atoms with E-state index in [1.165, 1.54) is 0 Å². The third-order valence-electron chi connectivity index (χ3n) is 1.75. The molecule has 3 N–H and O–H groups in total. The summed E-state index contributed by atoms with van der Waals surface area (Å²) in [6, 6.07) is 3.16. The molecule has 0 heterocycles. The highest BCUT2D eigenvalue weighted by atomic mass is 35.5. The van der Waals surface area contributed by atoms with Gasteiger partial charge in [0.05, 0.1) is 16.3 Å². The van der Waals surface area contributed by atoms with Gasteiger partial charge < -0.3 is 10.8 Å². The van der Waals surface area contributed by atoms with Crippen LogP contribution in [0.4, 0.5) is 5.69 Å². The van der Waals surface area contributed by atoms with E-state index in [1.54, 1.807) is 26.0 Å². The molecule has 1 rings (SSSR count). The second-order valence-corrected chi connectivity index (χ2v) is 4.25.